The van der Waals surface area contributed by atoms with Gasteiger partial charge in [-0.25, -0.2) is 10.2 Å². The van der Waals surface area contributed by atoms with E-state index in [9.17, 15) is 4.79 Å². The molecular formula is C8H16N2O3. The van der Waals surface area contributed by atoms with E-state index in [0.29, 0.717) is 6.61 Å². The van der Waals surface area contributed by atoms with Crippen LogP contribution in [0.5, 0.6) is 0 Å². The number of nitrogens with one attached hydrogen (secondary N) is 1. The number of hydrogen-bond acceptors (Lipinski definition) is 5. The Bertz CT molecular complexity index is 174. The average Bonchev–Trinajstić information content (AvgIpc) is 2.04. The monoisotopic (exact) mass is 188 g/mol. The number of carbonyl (C=O) groups excluding carboxylic acids is 2. The molecule has 3 N–H and O–H groups in total. The van der Waals surface area contributed by atoms with Gasteiger partial charge in [-0.3, -0.25) is 4.79 Å². The summed E-state index contributed by atoms with van der Waals surface area (Å²) in [6.45, 7) is 5.95. The van der Waals surface area contributed by atoms with Gasteiger partial charge in [0.1, 0.15) is 6.04 Å². The number of ether oxygens (including phenoxy) is 1. The van der Waals surface area contributed by atoms with Crippen LogP contribution in [0.2, 0.25) is 0 Å². The molecule has 0 amide bonds. The zero-order chi connectivity index (χ0) is 10.9. The molecular weight excluding hydrogens is 172 g/mol. The maximum atomic E-state index is 10.8. The Hall–Kier alpha value is -1.19. The van der Waals surface area contributed by atoms with Gasteiger partial charge < -0.3 is 10.5 Å². The second-order valence-corrected chi connectivity index (χ2v) is 2.62. The van der Waals surface area contributed by atoms with Gasteiger partial charge >= 0.3 is 5.97 Å². The third kappa shape index (κ3) is 8.72. The van der Waals surface area contributed by atoms with Crippen molar-refractivity contribution in [1.29, 1.82) is 5.41 Å². The summed E-state index contributed by atoms with van der Waals surface area (Å²) in [7, 11) is 0. The summed E-state index contributed by atoms with van der Waals surface area (Å²) in [5.41, 5.74) is 5.47. The van der Waals surface area contributed by atoms with Crippen LogP contribution >= 0.6 is 0 Å². The Morgan fingerprint density at radius 3 is 2.23 bits per heavy atom. The van der Waals surface area contributed by atoms with Gasteiger partial charge in [-0.2, -0.15) is 0 Å². The van der Waals surface area contributed by atoms with E-state index >= 15 is 0 Å². The number of carbonyl (C=O) groups is 1. The van der Waals surface area contributed by atoms with Gasteiger partial charge in [-0.15, -0.1) is 0 Å². The fourth-order valence-corrected chi connectivity index (χ4v) is 0.511. The van der Waals surface area contributed by atoms with Crippen molar-refractivity contribution < 1.29 is 14.3 Å². The van der Waals surface area contributed by atoms with E-state index in [0.717, 1.165) is 6.08 Å². The molecule has 0 spiro atoms. The average molecular weight is 188 g/mol. The number of isocyanates is 1. The van der Waals surface area contributed by atoms with Gasteiger partial charge in [0, 0.05) is 0 Å². The maximum absolute atomic E-state index is 10.8. The molecule has 0 saturated carbocycles. The lowest BCUT2D eigenvalue weighted by Crippen LogP contribution is -2.36. The Kier molecular flexibility index (Phi) is 9.82. The Morgan fingerprint density at radius 2 is 2.00 bits per heavy atom. The molecule has 0 bridgehead atoms. The third-order valence-corrected chi connectivity index (χ3v) is 1.28. The highest BCUT2D eigenvalue weighted by atomic mass is 16.5. The predicted molar refractivity (Wildman–Crippen MR) is 47.9 cm³/mol. The van der Waals surface area contributed by atoms with Crippen molar-refractivity contribution in [2.45, 2.75) is 26.8 Å². The van der Waals surface area contributed by atoms with Crippen LogP contribution in [0.15, 0.2) is 0 Å². The zero-order valence-electron chi connectivity index (χ0n) is 8.16. The van der Waals surface area contributed by atoms with Gasteiger partial charge in [0.2, 0.25) is 6.08 Å². The maximum Gasteiger partial charge on any atom is 0.323 e. The lowest BCUT2D eigenvalue weighted by atomic mass is 10.1. The molecule has 0 aliphatic rings. The lowest BCUT2D eigenvalue weighted by molar-refractivity contribution is -0.145. The summed E-state index contributed by atoms with van der Waals surface area (Å²) < 4.78 is 4.70. The predicted octanol–water partition coefficient (Wildman–Crippen LogP) is 0.434. The highest BCUT2D eigenvalue weighted by molar-refractivity contribution is 5.75. The molecule has 0 aromatic heterocycles. The molecule has 0 saturated heterocycles. The molecule has 1 atom stereocenters. The summed E-state index contributed by atoms with van der Waals surface area (Å²) >= 11 is 0. The van der Waals surface area contributed by atoms with Crippen LogP contribution in [0.25, 0.3) is 0 Å². The molecule has 0 heterocycles. The molecule has 5 heteroatoms. The topological polar surface area (TPSA) is 93.2 Å². The number of hydrogen-bond donors (Lipinski definition) is 2. The molecule has 76 valence electrons. The first-order valence-electron chi connectivity index (χ1n) is 3.97. The van der Waals surface area contributed by atoms with Crippen molar-refractivity contribution in [3.05, 3.63) is 0 Å². The molecule has 0 rings (SSSR count). The van der Waals surface area contributed by atoms with Crippen LogP contribution in [0.4, 0.5) is 0 Å². The minimum Gasteiger partial charge on any atom is -0.465 e. The molecule has 5 nitrogen and oxygen atoms in total. The van der Waals surface area contributed by atoms with Gasteiger partial charge in [0.15, 0.2) is 0 Å². The fourth-order valence-electron chi connectivity index (χ4n) is 0.511. The quantitative estimate of drug-likeness (QED) is 0.381. The molecule has 0 aliphatic heterocycles. The van der Waals surface area contributed by atoms with Gasteiger partial charge in [-0.1, -0.05) is 13.8 Å². The van der Waals surface area contributed by atoms with Crippen LogP contribution in [-0.2, 0) is 14.3 Å². The van der Waals surface area contributed by atoms with Crippen LogP contribution in [0.1, 0.15) is 20.8 Å². The Labute approximate surface area is 77.8 Å². The molecule has 0 fully saturated rings. The van der Waals surface area contributed by atoms with E-state index in [1.54, 1.807) is 6.92 Å². The molecule has 13 heavy (non-hydrogen) atoms. The highest BCUT2D eigenvalue weighted by Crippen LogP contribution is 1.99. The van der Waals surface area contributed by atoms with Gasteiger partial charge in [0.25, 0.3) is 0 Å². The second kappa shape index (κ2) is 8.90. The SMILES string of the molecule is CCOC(=O)[C@@H](N)C(C)C.N=C=O. The first-order valence-corrected chi connectivity index (χ1v) is 3.97. The number of rotatable bonds is 3. The second-order valence-electron chi connectivity index (χ2n) is 2.62. The van der Waals surface area contributed by atoms with E-state index in [4.69, 9.17) is 20.7 Å². The van der Waals surface area contributed by atoms with Crippen LogP contribution in [-0.4, -0.2) is 24.7 Å². The first-order chi connectivity index (χ1) is 6.01. The van der Waals surface area contributed by atoms with Crippen molar-refractivity contribution in [1.82, 2.24) is 0 Å². The van der Waals surface area contributed by atoms with Crippen molar-refractivity contribution in [2.24, 2.45) is 11.7 Å². The summed E-state index contributed by atoms with van der Waals surface area (Å²) in [6.07, 6.45) is 0.750. The third-order valence-electron chi connectivity index (χ3n) is 1.28. The first kappa shape index (κ1) is 14.3. The molecule has 0 aliphatic carbocycles. The van der Waals surface area contributed by atoms with E-state index in [1.165, 1.54) is 0 Å². The summed E-state index contributed by atoms with van der Waals surface area (Å²) in [5, 5.41) is 5.40. The molecule has 0 unspecified atom stereocenters. The van der Waals surface area contributed by atoms with Crippen molar-refractivity contribution in [3.8, 4) is 0 Å². The van der Waals surface area contributed by atoms with Crippen LogP contribution in [0.3, 0.4) is 0 Å². The van der Waals surface area contributed by atoms with E-state index in [2.05, 4.69) is 0 Å². The number of nitrogens with two attached hydrogens (primary N) is 1. The molecule has 0 aromatic carbocycles. The van der Waals surface area contributed by atoms with Crippen LogP contribution < -0.4 is 5.73 Å². The zero-order valence-corrected chi connectivity index (χ0v) is 8.16. The minimum atomic E-state index is -0.472. The minimum absolute atomic E-state index is 0.152. The Balaban J connectivity index is 0. The van der Waals surface area contributed by atoms with Crippen molar-refractivity contribution in [2.75, 3.05) is 6.61 Å². The number of esters is 1. The van der Waals surface area contributed by atoms with Gasteiger partial charge in [-0.05, 0) is 12.8 Å². The fraction of sp³-hybridized carbons (Fsp3) is 0.750. The van der Waals surface area contributed by atoms with E-state index in [1.807, 2.05) is 13.8 Å². The normalized spacial score (nSPS) is 10.8. The molecule has 0 radical (unpaired) electrons. The van der Waals surface area contributed by atoms with E-state index < -0.39 is 6.04 Å². The Morgan fingerprint density at radius 1 is 1.62 bits per heavy atom. The molecule has 0 aromatic rings. The lowest BCUT2D eigenvalue weighted by Gasteiger charge is -2.12. The van der Waals surface area contributed by atoms with E-state index in [-0.39, 0.29) is 11.9 Å². The summed E-state index contributed by atoms with van der Waals surface area (Å²) in [6, 6.07) is -0.472. The van der Waals surface area contributed by atoms with Crippen molar-refractivity contribution in [3.63, 3.8) is 0 Å². The van der Waals surface area contributed by atoms with Gasteiger partial charge in [0.05, 0.1) is 6.61 Å². The standard InChI is InChI=1S/C7H15NO2.CHNO/c1-4-10-7(9)6(8)5(2)3;2-1-3/h5-6H,4,8H2,1-3H3;2H/t6-;/m0./s1. The summed E-state index contributed by atoms with van der Waals surface area (Å²) in [5.74, 6) is -0.156. The van der Waals surface area contributed by atoms with Crippen LogP contribution in [0, 0.1) is 11.3 Å². The summed E-state index contributed by atoms with van der Waals surface area (Å²) in [4.78, 5) is 19.2. The largest absolute Gasteiger partial charge is 0.465 e. The smallest absolute Gasteiger partial charge is 0.323 e. The van der Waals surface area contributed by atoms with Crippen molar-refractivity contribution >= 4 is 12.0 Å². The highest BCUT2D eigenvalue weighted by Gasteiger charge is 2.17.